The Labute approximate surface area is 126 Å². The standard InChI is InChI=1S/C14H27BN2O4/c18-14(19)13-10-17(8-11-3-2-6-16-7-11)9-12(13)4-1-5-15(20)21/h11-13,16,20-21H,1-10H2,(H,18,19). The Hall–Kier alpha value is -0.625. The van der Waals surface area contributed by atoms with E-state index >= 15 is 0 Å². The van der Waals surface area contributed by atoms with Crippen LogP contribution in [0.25, 0.3) is 0 Å². The highest BCUT2D eigenvalue weighted by molar-refractivity contribution is 6.40. The highest BCUT2D eigenvalue weighted by atomic mass is 16.4. The lowest BCUT2D eigenvalue weighted by atomic mass is 9.80. The first-order valence-electron chi connectivity index (χ1n) is 8.08. The quantitative estimate of drug-likeness (QED) is 0.489. The van der Waals surface area contributed by atoms with E-state index in [0.29, 0.717) is 25.2 Å². The van der Waals surface area contributed by atoms with E-state index in [9.17, 15) is 9.90 Å². The van der Waals surface area contributed by atoms with Gasteiger partial charge in [-0.25, -0.2) is 0 Å². The number of aliphatic carboxylic acids is 1. The minimum Gasteiger partial charge on any atom is -0.481 e. The van der Waals surface area contributed by atoms with Gasteiger partial charge in [-0.1, -0.05) is 6.42 Å². The fourth-order valence-electron chi connectivity index (χ4n) is 3.69. The molecule has 0 aromatic carbocycles. The Balaban J connectivity index is 1.80. The van der Waals surface area contributed by atoms with Gasteiger partial charge in [0.25, 0.3) is 0 Å². The van der Waals surface area contributed by atoms with Crippen LogP contribution in [0.3, 0.4) is 0 Å². The molecule has 0 aromatic heterocycles. The second kappa shape index (κ2) is 8.12. The number of carbonyl (C=O) groups is 1. The van der Waals surface area contributed by atoms with Crippen molar-refractivity contribution in [1.82, 2.24) is 10.2 Å². The first kappa shape index (κ1) is 16.7. The van der Waals surface area contributed by atoms with Crippen LogP contribution in [0.15, 0.2) is 0 Å². The molecule has 2 aliphatic rings. The maximum absolute atomic E-state index is 11.4. The predicted molar refractivity (Wildman–Crippen MR) is 80.9 cm³/mol. The van der Waals surface area contributed by atoms with Crippen LogP contribution in [0.5, 0.6) is 0 Å². The highest BCUT2D eigenvalue weighted by Crippen LogP contribution is 2.29. The molecule has 0 bridgehead atoms. The van der Waals surface area contributed by atoms with Crippen molar-refractivity contribution >= 4 is 13.1 Å². The molecule has 0 spiro atoms. The van der Waals surface area contributed by atoms with E-state index < -0.39 is 13.1 Å². The Kier molecular flexibility index (Phi) is 6.48. The van der Waals surface area contributed by atoms with Gasteiger partial charge in [0, 0.05) is 19.6 Å². The molecule has 120 valence electrons. The lowest BCUT2D eigenvalue weighted by Crippen LogP contribution is -2.37. The van der Waals surface area contributed by atoms with Crippen LogP contribution in [-0.4, -0.2) is 65.9 Å². The molecule has 0 radical (unpaired) electrons. The zero-order valence-corrected chi connectivity index (χ0v) is 12.6. The lowest BCUT2D eigenvalue weighted by Gasteiger charge is -2.27. The summed E-state index contributed by atoms with van der Waals surface area (Å²) in [4.78, 5) is 13.7. The maximum atomic E-state index is 11.4. The van der Waals surface area contributed by atoms with Crippen LogP contribution in [-0.2, 0) is 4.79 Å². The molecule has 0 aromatic rings. The third-order valence-corrected chi connectivity index (χ3v) is 4.79. The molecule has 2 rings (SSSR count). The molecule has 2 aliphatic heterocycles. The zero-order chi connectivity index (χ0) is 15.2. The molecule has 2 heterocycles. The number of carboxylic acids is 1. The van der Waals surface area contributed by atoms with Crippen LogP contribution in [0.4, 0.5) is 0 Å². The third-order valence-electron chi connectivity index (χ3n) is 4.79. The number of hydrogen-bond acceptors (Lipinski definition) is 5. The van der Waals surface area contributed by atoms with Crippen molar-refractivity contribution in [3.05, 3.63) is 0 Å². The van der Waals surface area contributed by atoms with E-state index in [1.165, 1.54) is 12.8 Å². The number of likely N-dealkylation sites (tertiary alicyclic amines) is 1. The van der Waals surface area contributed by atoms with Gasteiger partial charge >= 0.3 is 13.1 Å². The summed E-state index contributed by atoms with van der Waals surface area (Å²) in [6.45, 7) is 4.58. The van der Waals surface area contributed by atoms with Gasteiger partial charge in [0.2, 0.25) is 0 Å². The van der Waals surface area contributed by atoms with Crippen molar-refractivity contribution in [2.45, 2.75) is 32.0 Å². The SMILES string of the molecule is O=C(O)C1CN(CC2CCCNC2)CC1CCCB(O)O. The van der Waals surface area contributed by atoms with Gasteiger partial charge in [-0.15, -0.1) is 0 Å². The Morgan fingerprint density at radius 2 is 2.14 bits per heavy atom. The molecule has 2 saturated heterocycles. The van der Waals surface area contributed by atoms with Crippen LogP contribution < -0.4 is 5.32 Å². The Bertz CT molecular complexity index is 337. The van der Waals surface area contributed by atoms with Gasteiger partial charge in [0.05, 0.1) is 5.92 Å². The summed E-state index contributed by atoms with van der Waals surface area (Å²) in [5.41, 5.74) is 0. The summed E-state index contributed by atoms with van der Waals surface area (Å²) in [5.74, 6) is -0.254. The van der Waals surface area contributed by atoms with Gasteiger partial charge in [-0.2, -0.15) is 0 Å². The number of nitrogens with zero attached hydrogens (tertiary/aromatic N) is 1. The zero-order valence-electron chi connectivity index (χ0n) is 12.6. The average Bonchev–Trinajstić information content (AvgIpc) is 2.82. The maximum Gasteiger partial charge on any atom is 0.451 e. The molecule has 0 aliphatic carbocycles. The summed E-state index contributed by atoms with van der Waals surface area (Å²) in [6, 6.07) is 0. The fraction of sp³-hybridized carbons (Fsp3) is 0.929. The number of rotatable bonds is 7. The second-order valence-electron chi connectivity index (χ2n) is 6.55. The van der Waals surface area contributed by atoms with Crippen LogP contribution in [0.2, 0.25) is 6.32 Å². The molecule has 0 saturated carbocycles. The molecule has 7 heteroatoms. The van der Waals surface area contributed by atoms with Crippen molar-refractivity contribution in [2.75, 3.05) is 32.7 Å². The molecular weight excluding hydrogens is 271 g/mol. The largest absolute Gasteiger partial charge is 0.481 e. The van der Waals surface area contributed by atoms with E-state index in [4.69, 9.17) is 10.0 Å². The van der Waals surface area contributed by atoms with Crippen LogP contribution >= 0.6 is 0 Å². The molecule has 6 nitrogen and oxygen atoms in total. The van der Waals surface area contributed by atoms with E-state index in [0.717, 1.165) is 32.6 Å². The van der Waals surface area contributed by atoms with Gasteiger partial charge in [-0.05, 0) is 50.5 Å². The first-order valence-corrected chi connectivity index (χ1v) is 8.08. The van der Waals surface area contributed by atoms with Crippen molar-refractivity contribution in [1.29, 1.82) is 0 Å². The smallest absolute Gasteiger partial charge is 0.451 e. The van der Waals surface area contributed by atoms with E-state index in [1.54, 1.807) is 0 Å². The summed E-state index contributed by atoms with van der Waals surface area (Å²) < 4.78 is 0. The summed E-state index contributed by atoms with van der Waals surface area (Å²) in [7, 11) is -1.28. The average molecular weight is 298 g/mol. The molecule has 3 atom stereocenters. The number of carboxylic acid groups (broad SMARTS) is 1. The topological polar surface area (TPSA) is 93.0 Å². The molecule has 4 N–H and O–H groups in total. The van der Waals surface area contributed by atoms with E-state index in [1.807, 2.05) is 0 Å². The molecule has 3 unspecified atom stereocenters. The molecule has 21 heavy (non-hydrogen) atoms. The summed E-state index contributed by atoms with van der Waals surface area (Å²) >= 11 is 0. The second-order valence-corrected chi connectivity index (χ2v) is 6.55. The normalized spacial score (nSPS) is 30.5. The van der Waals surface area contributed by atoms with Gasteiger partial charge in [0.1, 0.15) is 0 Å². The summed E-state index contributed by atoms with van der Waals surface area (Å²) in [6.07, 6.45) is 4.19. The Morgan fingerprint density at radius 3 is 2.76 bits per heavy atom. The monoisotopic (exact) mass is 298 g/mol. The summed E-state index contributed by atoms with van der Waals surface area (Å²) in [5, 5.41) is 30.6. The minimum absolute atomic E-state index is 0.137. The number of nitrogens with one attached hydrogen (secondary N) is 1. The minimum atomic E-state index is -1.28. The predicted octanol–water partition coefficient (Wildman–Crippen LogP) is -0.128. The molecular formula is C14H27BN2O4. The van der Waals surface area contributed by atoms with Gasteiger partial charge < -0.3 is 25.4 Å². The van der Waals surface area contributed by atoms with Crippen LogP contribution in [0.1, 0.15) is 25.7 Å². The van der Waals surface area contributed by atoms with Crippen molar-refractivity contribution in [3.63, 3.8) is 0 Å². The van der Waals surface area contributed by atoms with Crippen molar-refractivity contribution < 1.29 is 19.9 Å². The van der Waals surface area contributed by atoms with E-state index in [-0.39, 0.29) is 11.8 Å². The molecule has 2 fully saturated rings. The number of hydrogen-bond donors (Lipinski definition) is 4. The van der Waals surface area contributed by atoms with E-state index in [2.05, 4.69) is 10.2 Å². The lowest BCUT2D eigenvalue weighted by molar-refractivity contribution is -0.142. The highest BCUT2D eigenvalue weighted by Gasteiger charge is 2.37. The van der Waals surface area contributed by atoms with Gasteiger partial charge in [-0.3, -0.25) is 4.79 Å². The van der Waals surface area contributed by atoms with Gasteiger partial charge in [0.15, 0.2) is 0 Å². The third kappa shape index (κ3) is 5.25. The number of piperidine rings is 1. The fourth-order valence-corrected chi connectivity index (χ4v) is 3.69. The van der Waals surface area contributed by atoms with Crippen molar-refractivity contribution in [3.8, 4) is 0 Å². The Morgan fingerprint density at radius 1 is 1.33 bits per heavy atom. The first-order chi connectivity index (χ1) is 10.1. The van der Waals surface area contributed by atoms with Crippen LogP contribution in [0, 0.1) is 17.8 Å². The van der Waals surface area contributed by atoms with Crippen molar-refractivity contribution in [2.24, 2.45) is 17.8 Å². The molecule has 0 amide bonds.